The number of aromatic carboxylic acids is 1. The predicted molar refractivity (Wildman–Crippen MR) is 101 cm³/mol. The number of rotatable bonds is 7. The van der Waals surface area contributed by atoms with E-state index in [4.69, 9.17) is 9.47 Å². The molecule has 0 spiro atoms. The Morgan fingerprint density at radius 3 is 2.63 bits per heavy atom. The van der Waals surface area contributed by atoms with Crippen LogP contribution in [-0.4, -0.2) is 22.7 Å². The van der Waals surface area contributed by atoms with Crippen LogP contribution in [0, 0.1) is 12.7 Å². The summed E-state index contributed by atoms with van der Waals surface area (Å²) in [5, 5.41) is 9.79. The molecule has 2 aromatic carbocycles. The summed E-state index contributed by atoms with van der Waals surface area (Å²) in [5.74, 6) is -0.343. The van der Waals surface area contributed by atoms with Gasteiger partial charge in [0.15, 0.2) is 11.5 Å². The molecule has 27 heavy (non-hydrogen) atoms. The van der Waals surface area contributed by atoms with Crippen LogP contribution in [0.15, 0.2) is 42.5 Å². The number of carboxylic acids is 1. The van der Waals surface area contributed by atoms with E-state index >= 15 is 0 Å². The first-order valence-electron chi connectivity index (χ1n) is 8.33. The van der Waals surface area contributed by atoms with Gasteiger partial charge in [-0.05, 0) is 38.1 Å². The molecule has 0 saturated carbocycles. The minimum Gasteiger partial charge on any atom is -0.490 e. The number of aromatic nitrogens is 1. The largest absolute Gasteiger partial charge is 0.490 e. The highest BCUT2D eigenvalue weighted by Gasteiger charge is 2.17. The lowest BCUT2D eigenvalue weighted by Crippen LogP contribution is -2.01. The highest BCUT2D eigenvalue weighted by atomic mass is 32.1. The molecule has 1 aromatic heterocycles. The molecule has 0 radical (unpaired) electrons. The smallest absolute Gasteiger partial charge is 0.347 e. The summed E-state index contributed by atoms with van der Waals surface area (Å²) in [6, 6.07) is 11.7. The van der Waals surface area contributed by atoms with Crippen molar-refractivity contribution in [3.05, 3.63) is 64.4 Å². The number of carbonyl (C=O) groups is 1. The number of halogens is 1. The number of carboxylic acid groups (broad SMARTS) is 1. The molecule has 0 fully saturated rings. The van der Waals surface area contributed by atoms with Crippen molar-refractivity contribution in [2.45, 2.75) is 20.5 Å². The molecule has 0 bridgehead atoms. The van der Waals surface area contributed by atoms with Crippen LogP contribution in [0.3, 0.4) is 0 Å². The number of hydrogen-bond acceptors (Lipinski definition) is 5. The Labute approximate surface area is 160 Å². The van der Waals surface area contributed by atoms with E-state index in [1.807, 2.05) is 6.92 Å². The Morgan fingerprint density at radius 2 is 1.96 bits per heavy atom. The lowest BCUT2D eigenvalue weighted by atomic mass is 10.2. The summed E-state index contributed by atoms with van der Waals surface area (Å²) in [4.78, 5) is 15.8. The van der Waals surface area contributed by atoms with E-state index in [-0.39, 0.29) is 17.3 Å². The van der Waals surface area contributed by atoms with Crippen molar-refractivity contribution >= 4 is 17.3 Å². The lowest BCUT2D eigenvalue weighted by molar-refractivity contribution is 0.0701. The molecular formula is C20H18FNO4S. The zero-order valence-electron chi connectivity index (χ0n) is 14.9. The maximum atomic E-state index is 13.8. The molecule has 5 nitrogen and oxygen atoms in total. The van der Waals surface area contributed by atoms with Gasteiger partial charge < -0.3 is 14.6 Å². The summed E-state index contributed by atoms with van der Waals surface area (Å²) in [5.41, 5.74) is 1.66. The Bertz CT molecular complexity index is 970. The molecular weight excluding hydrogens is 369 g/mol. The number of hydrogen-bond donors (Lipinski definition) is 1. The lowest BCUT2D eigenvalue weighted by Gasteiger charge is -2.13. The van der Waals surface area contributed by atoms with E-state index in [0.29, 0.717) is 34.4 Å². The van der Waals surface area contributed by atoms with Gasteiger partial charge in [-0.15, -0.1) is 11.3 Å². The molecule has 0 aliphatic heterocycles. The van der Waals surface area contributed by atoms with E-state index < -0.39 is 5.97 Å². The molecule has 1 heterocycles. The maximum absolute atomic E-state index is 13.8. The molecule has 1 N–H and O–H groups in total. The minimum absolute atomic E-state index is 0.0750. The highest BCUT2D eigenvalue weighted by molar-refractivity contribution is 7.17. The van der Waals surface area contributed by atoms with Crippen LogP contribution in [0.2, 0.25) is 0 Å². The van der Waals surface area contributed by atoms with E-state index in [2.05, 4.69) is 4.98 Å². The van der Waals surface area contributed by atoms with E-state index in [1.54, 1.807) is 43.3 Å². The van der Waals surface area contributed by atoms with Crippen molar-refractivity contribution in [2.24, 2.45) is 0 Å². The molecule has 140 valence electrons. The Kier molecular flexibility index (Phi) is 5.71. The Hall–Kier alpha value is -2.93. The third-order valence-corrected chi connectivity index (χ3v) is 5.02. The standard InChI is InChI=1S/C20H18FNO4S/c1-3-25-17-10-13(19-22-12(2)18(27-19)20(23)24)8-9-16(17)26-11-14-6-4-5-7-15(14)21/h4-10H,3,11H2,1-2H3,(H,23,24). The number of aryl methyl sites for hydroxylation is 1. The van der Waals surface area contributed by atoms with Crippen molar-refractivity contribution < 1.29 is 23.8 Å². The summed E-state index contributed by atoms with van der Waals surface area (Å²) >= 11 is 1.11. The second-order valence-corrected chi connectivity index (χ2v) is 6.71. The Morgan fingerprint density at radius 1 is 1.19 bits per heavy atom. The number of ether oxygens (including phenoxy) is 2. The van der Waals surface area contributed by atoms with Crippen molar-refractivity contribution in [3.63, 3.8) is 0 Å². The van der Waals surface area contributed by atoms with Gasteiger partial charge in [-0.2, -0.15) is 0 Å². The number of benzene rings is 2. The molecule has 0 saturated heterocycles. The van der Waals surface area contributed by atoms with Crippen LogP contribution in [0.1, 0.15) is 27.9 Å². The van der Waals surface area contributed by atoms with Crippen LogP contribution in [0.25, 0.3) is 10.6 Å². The van der Waals surface area contributed by atoms with Crippen molar-refractivity contribution in [1.82, 2.24) is 4.98 Å². The van der Waals surface area contributed by atoms with Crippen molar-refractivity contribution in [2.75, 3.05) is 6.61 Å². The molecule has 0 unspecified atom stereocenters. The maximum Gasteiger partial charge on any atom is 0.347 e. The summed E-state index contributed by atoms with van der Waals surface area (Å²) < 4.78 is 25.1. The molecule has 3 rings (SSSR count). The van der Waals surface area contributed by atoms with Gasteiger partial charge >= 0.3 is 5.97 Å². The van der Waals surface area contributed by atoms with Crippen LogP contribution in [0.4, 0.5) is 4.39 Å². The van der Waals surface area contributed by atoms with Gasteiger partial charge in [0.1, 0.15) is 22.3 Å². The second-order valence-electron chi connectivity index (χ2n) is 5.71. The first-order valence-corrected chi connectivity index (χ1v) is 9.15. The van der Waals surface area contributed by atoms with Crippen molar-refractivity contribution in [3.8, 4) is 22.1 Å². The van der Waals surface area contributed by atoms with Gasteiger partial charge in [0.25, 0.3) is 0 Å². The van der Waals surface area contributed by atoms with Crippen LogP contribution in [-0.2, 0) is 6.61 Å². The molecule has 0 amide bonds. The topological polar surface area (TPSA) is 68.7 Å². The molecule has 3 aromatic rings. The van der Waals surface area contributed by atoms with Gasteiger partial charge in [-0.1, -0.05) is 18.2 Å². The quantitative estimate of drug-likeness (QED) is 0.622. The Balaban J connectivity index is 1.87. The van der Waals surface area contributed by atoms with E-state index in [9.17, 15) is 14.3 Å². The number of nitrogens with zero attached hydrogens (tertiary/aromatic N) is 1. The van der Waals surface area contributed by atoms with Crippen molar-refractivity contribution in [1.29, 1.82) is 0 Å². The molecule has 7 heteroatoms. The molecule has 0 atom stereocenters. The van der Waals surface area contributed by atoms with Crippen LogP contribution < -0.4 is 9.47 Å². The molecule has 0 aliphatic carbocycles. The minimum atomic E-state index is -0.994. The summed E-state index contributed by atoms with van der Waals surface area (Å²) in [6.45, 7) is 4.02. The zero-order chi connectivity index (χ0) is 19.4. The summed E-state index contributed by atoms with van der Waals surface area (Å²) in [7, 11) is 0. The van der Waals surface area contributed by atoms with Crippen LogP contribution >= 0.6 is 11.3 Å². The van der Waals surface area contributed by atoms with Crippen LogP contribution in [0.5, 0.6) is 11.5 Å². The zero-order valence-corrected chi connectivity index (χ0v) is 15.7. The monoisotopic (exact) mass is 387 g/mol. The molecule has 0 aliphatic rings. The SMILES string of the molecule is CCOc1cc(-c2nc(C)c(C(=O)O)s2)ccc1OCc1ccccc1F. The number of thiazole rings is 1. The predicted octanol–water partition coefficient (Wildman–Crippen LogP) is 4.93. The summed E-state index contributed by atoms with van der Waals surface area (Å²) in [6.07, 6.45) is 0. The van der Waals surface area contributed by atoms with Gasteiger partial charge in [-0.3, -0.25) is 0 Å². The third kappa shape index (κ3) is 4.25. The normalized spacial score (nSPS) is 10.6. The van der Waals surface area contributed by atoms with E-state index in [1.165, 1.54) is 6.07 Å². The first kappa shape index (κ1) is 18.8. The average Bonchev–Trinajstić information content (AvgIpc) is 3.04. The fraction of sp³-hybridized carbons (Fsp3) is 0.200. The highest BCUT2D eigenvalue weighted by Crippen LogP contribution is 2.35. The van der Waals surface area contributed by atoms with E-state index in [0.717, 1.165) is 16.9 Å². The van der Waals surface area contributed by atoms with Gasteiger partial charge in [-0.25, -0.2) is 14.2 Å². The average molecular weight is 387 g/mol. The fourth-order valence-corrected chi connectivity index (χ4v) is 3.42. The first-order chi connectivity index (χ1) is 13.0. The third-order valence-electron chi connectivity index (χ3n) is 3.82. The second kappa shape index (κ2) is 8.18. The fourth-order valence-electron chi connectivity index (χ4n) is 2.52. The van der Waals surface area contributed by atoms with Gasteiger partial charge in [0.2, 0.25) is 0 Å². The van der Waals surface area contributed by atoms with Gasteiger partial charge in [0.05, 0.1) is 12.3 Å². The van der Waals surface area contributed by atoms with Gasteiger partial charge in [0, 0.05) is 11.1 Å².